The Kier molecular flexibility index (Phi) is 5.16. The lowest BCUT2D eigenvalue weighted by molar-refractivity contribution is -0.106. The number of rotatable bonds is 6. The van der Waals surface area contributed by atoms with Gasteiger partial charge in [-0.15, -0.1) is 0 Å². The molecule has 3 nitrogen and oxygen atoms in total. The van der Waals surface area contributed by atoms with E-state index in [0.717, 1.165) is 16.9 Å². The highest BCUT2D eigenvalue weighted by molar-refractivity contribution is 5.30. The van der Waals surface area contributed by atoms with E-state index in [1.54, 1.807) is 14.2 Å². The molecule has 2 aromatic rings. The normalized spacial score (nSPS) is 10.8. The van der Waals surface area contributed by atoms with Crippen LogP contribution >= 0.6 is 0 Å². The topological polar surface area (TPSA) is 27.7 Å². The molecule has 0 heterocycles. The van der Waals surface area contributed by atoms with E-state index in [9.17, 15) is 0 Å². The first-order valence-electron chi connectivity index (χ1n) is 6.57. The van der Waals surface area contributed by atoms with Crippen molar-refractivity contribution in [2.45, 2.75) is 19.8 Å². The van der Waals surface area contributed by atoms with Gasteiger partial charge in [-0.2, -0.15) is 0 Å². The number of aryl methyl sites for hydroxylation is 1. The molecule has 0 atom stereocenters. The Labute approximate surface area is 120 Å². The summed E-state index contributed by atoms with van der Waals surface area (Å²) in [4.78, 5) is 0. The van der Waals surface area contributed by atoms with Crippen LogP contribution in [-0.2, 0) is 16.1 Å². The van der Waals surface area contributed by atoms with Crippen LogP contribution in [-0.4, -0.2) is 14.2 Å². The van der Waals surface area contributed by atoms with Crippen LogP contribution in [0, 0.1) is 6.92 Å². The van der Waals surface area contributed by atoms with E-state index in [1.165, 1.54) is 5.56 Å². The molecule has 2 aromatic carbocycles. The zero-order valence-corrected chi connectivity index (χ0v) is 12.1. The molecule has 3 heteroatoms. The predicted molar refractivity (Wildman–Crippen MR) is 78.7 cm³/mol. The minimum absolute atomic E-state index is 0.368. The Morgan fingerprint density at radius 3 is 2.20 bits per heavy atom. The van der Waals surface area contributed by atoms with Crippen LogP contribution in [0.4, 0.5) is 0 Å². The number of benzene rings is 2. The first-order chi connectivity index (χ1) is 9.74. The van der Waals surface area contributed by atoms with Gasteiger partial charge in [-0.1, -0.05) is 42.0 Å². The summed E-state index contributed by atoms with van der Waals surface area (Å²) in [7, 11) is 3.26. The first-order valence-corrected chi connectivity index (χ1v) is 6.57. The van der Waals surface area contributed by atoms with Gasteiger partial charge in [0.25, 0.3) is 0 Å². The Hall–Kier alpha value is -1.84. The molecule has 2 rings (SSSR count). The molecule has 0 aromatic heterocycles. The maximum absolute atomic E-state index is 5.82. The van der Waals surface area contributed by atoms with E-state index in [1.807, 2.05) is 48.5 Å². The second-order valence-electron chi connectivity index (χ2n) is 4.60. The molecule has 0 spiro atoms. The smallest absolute Gasteiger partial charge is 0.183 e. The third kappa shape index (κ3) is 3.59. The molecule has 0 fully saturated rings. The summed E-state index contributed by atoms with van der Waals surface area (Å²) >= 11 is 0. The van der Waals surface area contributed by atoms with Gasteiger partial charge in [0.15, 0.2) is 6.29 Å². The van der Waals surface area contributed by atoms with Gasteiger partial charge in [-0.05, 0) is 24.6 Å². The summed E-state index contributed by atoms with van der Waals surface area (Å²) in [6.45, 7) is 2.54. The van der Waals surface area contributed by atoms with Crippen molar-refractivity contribution in [3.8, 4) is 5.75 Å². The number of hydrogen-bond donors (Lipinski definition) is 0. The van der Waals surface area contributed by atoms with E-state index in [-0.39, 0.29) is 6.29 Å². The molecule has 0 saturated heterocycles. The van der Waals surface area contributed by atoms with Crippen molar-refractivity contribution in [2.24, 2.45) is 0 Å². The summed E-state index contributed by atoms with van der Waals surface area (Å²) in [5.74, 6) is 0.858. The minimum atomic E-state index is -0.368. The quantitative estimate of drug-likeness (QED) is 0.747. The van der Waals surface area contributed by atoms with Crippen molar-refractivity contribution in [1.29, 1.82) is 0 Å². The highest BCUT2D eigenvalue weighted by atomic mass is 16.7. The Morgan fingerprint density at radius 1 is 0.900 bits per heavy atom. The molecule has 0 amide bonds. The highest BCUT2D eigenvalue weighted by Crippen LogP contribution is 2.23. The number of methoxy groups -OCH3 is 2. The molecular weight excluding hydrogens is 252 g/mol. The van der Waals surface area contributed by atoms with E-state index in [4.69, 9.17) is 14.2 Å². The molecule has 0 radical (unpaired) electrons. The fourth-order valence-corrected chi connectivity index (χ4v) is 2.04. The van der Waals surface area contributed by atoms with Gasteiger partial charge in [0.05, 0.1) is 0 Å². The van der Waals surface area contributed by atoms with Gasteiger partial charge in [-0.25, -0.2) is 0 Å². The van der Waals surface area contributed by atoms with Gasteiger partial charge in [0, 0.05) is 19.8 Å². The van der Waals surface area contributed by atoms with Crippen molar-refractivity contribution in [3.63, 3.8) is 0 Å². The second kappa shape index (κ2) is 7.08. The third-order valence-electron chi connectivity index (χ3n) is 3.15. The molecule has 0 N–H and O–H groups in total. The van der Waals surface area contributed by atoms with Gasteiger partial charge < -0.3 is 14.2 Å². The molecule has 0 aliphatic heterocycles. The summed E-state index contributed by atoms with van der Waals surface area (Å²) in [5, 5.41) is 0. The van der Waals surface area contributed by atoms with Crippen LogP contribution in [0.5, 0.6) is 5.75 Å². The van der Waals surface area contributed by atoms with Crippen LogP contribution in [0.15, 0.2) is 48.5 Å². The highest BCUT2D eigenvalue weighted by Gasteiger charge is 2.13. The SMILES string of the molecule is COC(OC)c1ccccc1COc1ccc(C)cc1. The van der Waals surface area contributed by atoms with Crippen LogP contribution in [0.2, 0.25) is 0 Å². The molecule has 0 aliphatic carbocycles. The number of ether oxygens (including phenoxy) is 3. The fourth-order valence-electron chi connectivity index (χ4n) is 2.04. The average molecular weight is 272 g/mol. The van der Waals surface area contributed by atoms with Gasteiger partial charge in [0.2, 0.25) is 0 Å². The fraction of sp³-hybridized carbons (Fsp3) is 0.294. The summed E-state index contributed by atoms with van der Waals surface area (Å²) in [6.07, 6.45) is -0.368. The monoisotopic (exact) mass is 272 g/mol. The molecule has 0 unspecified atom stereocenters. The zero-order chi connectivity index (χ0) is 14.4. The molecule has 20 heavy (non-hydrogen) atoms. The van der Waals surface area contributed by atoms with Crippen molar-refractivity contribution in [2.75, 3.05) is 14.2 Å². The van der Waals surface area contributed by atoms with Crippen molar-refractivity contribution in [3.05, 3.63) is 65.2 Å². The summed E-state index contributed by atoms with van der Waals surface area (Å²) < 4.78 is 16.4. The second-order valence-corrected chi connectivity index (χ2v) is 4.60. The van der Waals surface area contributed by atoms with Crippen LogP contribution < -0.4 is 4.74 Å². The molecular formula is C17H20O3. The average Bonchev–Trinajstić information content (AvgIpc) is 2.49. The Bertz CT molecular complexity index is 530. The lowest BCUT2D eigenvalue weighted by Crippen LogP contribution is -2.08. The van der Waals surface area contributed by atoms with Crippen LogP contribution in [0.1, 0.15) is 23.0 Å². The van der Waals surface area contributed by atoms with E-state index < -0.39 is 0 Å². The lowest BCUT2D eigenvalue weighted by atomic mass is 10.1. The van der Waals surface area contributed by atoms with Crippen molar-refractivity contribution >= 4 is 0 Å². The maximum Gasteiger partial charge on any atom is 0.183 e. The minimum Gasteiger partial charge on any atom is -0.489 e. The summed E-state index contributed by atoms with van der Waals surface area (Å²) in [6, 6.07) is 16.0. The van der Waals surface area contributed by atoms with E-state index >= 15 is 0 Å². The van der Waals surface area contributed by atoms with Crippen LogP contribution in [0.25, 0.3) is 0 Å². The molecule has 0 bridgehead atoms. The van der Waals surface area contributed by atoms with E-state index in [2.05, 4.69) is 6.92 Å². The third-order valence-corrected chi connectivity index (χ3v) is 3.15. The standard InChI is InChI=1S/C17H20O3/c1-13-8-10-15(11-9-13)20-12-14-6-4-5-7-16(14)17(18-2)19-3/h4-11,17H,12H2,1-3H3. The van der Waals surface area contributed by atoms with E-state index in [0.29, 0.717) is 6.61 Å². The lowest BCUT2D eigenvalue weighted by Gasteiger charge is -2.18. The van der Waals surface area contributed by atoms with Crippen molar-refractivity contribution in [1.82, 2.24) is 0 Å². The Balaban J connectivity index is 2.11. The molecule has 106 valence electrons. The Morgan fingerprint density at radius 2 is 1.55 bits per heavy atom. The largest absolute Gasteiger partial charge is 0.489 e. The zero-order valence-electron chi connectivity index (χ0n) is 12.1. The molecule has 0 aliphatic rings. The van der Waals surface area contributed by atoms with Crippen LogP contribution in [0.3, 0.4) is 0 Å². The van der Waals surface area contributed by atoms with Crippen molar-refractivity contribution < 1.29 is 14.2 Å². The van der Waals surface area contributed by atoms with Gasteiger partial charge in [-0.3, -0.25) is 0 Å². The predicted octanol–water partition coefficient (Wildman–Crippen LogP) is 3.87. The first kappa shape index (κ1) is 14.6. The number of hydrogen-bond acceptors (Lipinski definition) is 3. The van der Waals surface area contributed by atoms with Gasteiger partial charge >= 0.3 is 0 Å². The maximum atomic E-state index is 5.82. The molecule has 0 saturated carbocycles. The van der Waals surface area contributed by atoms with Gasteiger partial charge in [0.1, 0.15) is 12.4 Å². The summed E-state index contributed by atoms with van der Waals surface area (Å²) in [5.41, 5.74) is 3.27.